The molecule has 0 unspecified atom stereocenters. The van der Waals surface area contributed by atoms with E-state index in [2.05, 4.69) is 5.92 Å². The van der Waals surface area contributed by atoms with E-state index in [4.69, 9.17) is 20.6 Å². The molecule has 0 atom stereocenters. The van der Waals surface area contributed by atoms with Crippen molar-refractivity contribution in [2.24, 2.45) is 0 Å². The van der Waals surface area contributed by atoms with Crippen LogP contribution in [0.15, 0.2) is 18.2 Å². The molecule has 0 spiro atoms. The van der Waals surface area contributed by atoms with Crippen molar-refractivity contribution in [1.82, 2.24) is 0 Å². The molecule has 1 aliphatic heterocycles. The standard InChI is InChI=1S/C11H8O4/c1-2-5-13-11(12)8-3-4-9-10(6-8)15-7-14-9/h1,3-4,6H,5,7H2. The van der Waals surface area contributed by atoms with Crippen molar-refractivity contribution in [2.75, 3.05) is 13.4 Å². The smallest absolute Gasteiger partial charge is 0.339 e. The highest BCUT2D eigenvalue weighted by molar-refractivity contribution is 5.90. The Hall–Kier alpha value is -2.15. The van der Waals surface area contributed by atoms with Crippen molar-refractivity contribution in [3.8, 4) is 23.8 Å². The van der Waals surface area contributed by atoms with Crippen LogP contribution in [-0.4, -0.2) is 19.4 Å². The van der Waals surface area contributed by atoms with E-state index in [1.807, 2.05) is 0 Å². The largest absolute Gasteiger partial charge is 0.454 e. The third-order valence-electron chi connectivity index (χ3n) is 1.89. The fourth-order valence-corrected chi connectivity index (χ4v) is 1.21. The Morgan fingerprint density at radius 1 is 1.47 bits per heavy atom. The summed E-state index contributed by atoms with van der Waals surface area (Å²) in [7, 11) is 0. The molecule has 4 heteroatoms. The van der Waals surface area contributed by atoms with Gasteiger partial charge in [0.1, 0.15) is 0 Å². The first-order valence-electron chi connectivity index (χ1n) is 4.31. The maximum Gasteiger partial charge on any atom is 0.339 e. The minimum Gasteiger partial charge on any atom is -0.454 e. The van der Waals surface area contributed by atoms with Crippen LogP contribution >= 0.6 is 0 Å². The summed E-state index contributed by atoms with van der Waals surface area (Å²) in [5.74, 6) is 2.93. The summed E-state index contributed by atoms with van der Waals surface area (Å²) in [4.78, 5) is 11.4. The molecule has 0 bridgehead atoms. The zero-order chi connectivity index (χ0) is 10.7. The topological polar surface area (TPSA) is 44.8 Å². The molecule has 1 aromatic rings. The first kappa shape index (κ1) is 9.41. The lowest BCUT2D eigenvalue weighted by molar-refractivity contribution is 0.0556. The van der Waals surface area contributed by atoms with Gasteiger partial charge in [-0.05, 0) is 18.2 Å². The van der Waals surface area contributed by atoms with Gasteiger partial charge < -0.3 is 14.2 Å². The Labute approximate surface area is 86.8 Å². The third-order valence-corrected chi connectivity index (χ3v) is 1.89. The highest BCUT2D eigenvalue weighted by Gasteiger charge is 2.16. The lowest BCUT2D eigenvalue weighted by Crippen LogP contribution is -2.04. The van der Waals surface area contributed by atoms with E-state index in [0.29, 0.717) is 17.1 Å². The van der Waals surface area contributed by atoms with Crippen LogP contribution in [-0.2, 0) is 4.74 Å². The first-order valence-corrected chi connectivity index (χ1v) is 4.31. The van der Waals surface area contributed by atoms with Crippen LogP contribution in [0.4, 0.5) is 0 Å². The fourth-order valence-electron chi connectivity index (χ4n) is 1.21. The Morgan fingerprint density at radius 3 is 3.07 bits per heavy atom. The van der Waals surface area contributed by atoms with E-state index in [1.54, 1.807) is 18.2 Å². The predicted molar refractivity (Wildman–Crippen MR) is 51.7 cm³/mol. The van der Waals surface area contributed by atoms with Crippen molar-refractivity contribution in [3.63, 3.8) is 0 Å². The molecule has 15 heavy (non-hydrogen) atoms. The van der Waals surface area contributed by atoms with Gasteiger partial charge in [-0.3, -0.25) is 0 Å². The van der Waals surface area contributed by atoms with Crippen LogP contribution in [0.5, 0.6) is 11.5 Å². The van der Waals surface area contributed by atoms with Gasteiger partial charge in [-0.15, -0.1) is 6.42 Å². The van der Waals surface area contributed by atoms with Gasteiger partial charge >= 0.3 is 5.97 Å². The highest BCUT2D eigenvalue weighted by Crippen LogP contribution is 2.32. The number of ether oxygens (including phenoxy) is 3. The molecule has 0 aromatic heterocycles. The second-order valence-electron chi connectivity index (χ2n) is 2.85. The van der Waals surface area contributed by atoms with E-state index in [-0.39, 0.29) is 13.4 Å². The van der Waals surface area contributed by atoms with Crippen molar-refractivity contribution in [1.29, 1.82) is 0 Å². The normalized spacial score (nSPS) is 11.9. The zero-order valence-electron chi connectivity index (χ0n) is 7.86. The van der Waals surface area contributed by atoms with Crippen LogP contribution < -0.4 is 9.47 Å². The average molecular weight is 204 g/mol. The summed E-state index contributed by atoms with van der Waals surface area (Å²) < 4.78 is 15.0. The monoisotopic (exact) mass is 204 g/mol. The quantitative estimate of drug-likeness (QED) is 0.536. The highest BCUT2D eigenvalue weighted by atomic mass is 16.7. The SMILES string of the molecule is C#CCOC(=O)c1ccc2c(c1)OCO2. The van der Waals surface area contributed by atoms with Crippen molar-refractivity contribution >= 4 is 5.97 Å². The van der Waals surface area contributed by atoms with Crippen LogP contribution in [0, 0.1) is 12.3 Å². The molecule has 0 radical (unpaired) electrons. The van der Waals surface area contributed by atoms with Crippen molar-refractivity contribution in [3.05, 3.63) is 23.8 Å². The molecule has 0 saturated heterocycles. The number of rotatable bonds is 2. The average Bonchev–Trinajstić information content (AvgIpc) is 2.72. The molecule has 1 aromatic carbocycles. The molecule has 4 nitrogen and oxygen atoms in total. The van der Waals surface area contributed by atoms with Crippen LogP contribution in [0.1, 0.15) is 10.4 Å². The predicted octanol–water partition coefficient (Wildman–Crippen LogP) is 1.21. The van der Waals surface area contributed by atoms with Gasteiger partial charge in [0.15, 0.2) is 18.1 Å². The van der Waals surface area contributed by atoms with Crippen LogP contribution in [0.3, 0.4) is 0 Å². The number of hydrogen-bond acceptors (Lipinski definition) is 4. The lowest BCUT2D eigenvalue weighted by Gasteiger charge is -2.01. The van der Waals surface area contributed by atoms with Crippen molar-refractivity contribution in [2.45, 2.75) is 0 Å². The lowest BCUT2D eigenvalue weighted by atomic mass is 10.2. The van der Waals surface area contributed by atoms with Gasteiger partial charge in [0.2, 0.25) is 6.79 Å². The molecule has 1 heterocycles. The maximum absolute atomic E-state index is 11.4. The van der Waals surface area contributed by atoms with Gasteiger partial charge in [-0.2, -0.15) is 0 Å². The molecule has 76 valence electrons. The zero-order valence-corrected chi connectivity index (χ0v) is 7.86. The number of carbonyl (C=O) groups is 1. The second-order valence-corrected chi connectivity index (χ2v) is 2.85. The third kappa shape index (κ3) is 1.86. The molecule has 0 aliphatic carbocycles. The number of carbonyl (C=O) groups excluding carboxylic acids is 1. The summed E-state index contributed by atoms with van der Waals surface area (Å²) in [6, 6.07) is 4.84. The van der Waals surface area contributed by atoms with E-state index in [0.717, 1.165) is 0 Å². The van der Waals surface area contributed by atoms with E-state index >= 15 is 0 Å². The molecule has 0 saturated carbocycles. The summed E-state index contributed by atoms with van der Waals surface area (Å²) in [6.45, 7) is 0.144. The van der Waals surface area contributed by atoms with Gasteiger partial charge in [0.05, 0.1) is 5.56 Å². The molecule has 1 aliphatic rings. The van der Waals surface area contributed by atoms with Gasteiger partial charge in [0.25, 0.3) is 0 Å². The Kier molecular flexibility index (Phi) is 2.46. The maximum atomic E-state index is 11.4. The Bertz CT molecular complexity index is 431. The fraction of sp³-hybridized carbons (Fsp3) is 0.182. The Balaban J connectivity index is 2.16. The molecule has 0 N–H and O–H groups in total. The van der Waals surface area contributed by atoms with Crippen LogP contribution in [0.25, 0.3) is 0 Å². The number of fused-ring (bicyclic) bond motifs is 1. The Morgan fingerprint density at radius 2 is 2.27 bits per heavy atom. The molecule has 2 rings (SSSR count). The molecule has 0 fully saturated rings. The summed E-state index contributed by atoms with van der Waals surface area (Å²) in [5, 5.41) is 0. The summed E-state index contributed by atoms with van der Waals surface area (Å²) in [5.41, 5.74) is 0.398. The number of benzene rings is 1. The van der Waals surface area contributed by atoms with Gasteiger partial charge in [-0.1, -0.05) is 5.92 Å². The number of esters is 1. The van der Waals surface area contributed by atoms with Gasteiger partial charge in [0, 0.05) is 0 Å². The number of terminal acetylenes is 1. The molecule has 0 amide bonds. The molecular weight excluding hydrogens is 196 g/mol. The minimum atomic E-state index is -0.466. The second kappa shape index (κ2) is 3.93. The molecular formula is C11H8O4. The first-order chi connectivity index (χ1) is 7.31. The van der Waals surface area contributed by atoms with Gasteiger partial charge in [-0.25, -0.2) is 4.79 Å². The van der Waals surface area contributed by atoms with Crippen LogP contribution in [0.2, 0.25) is 0 Å². The van der Waals surface area contributed by atoms with E-state index < -0.39 is 5.97 Å². The van der Waals surface area contributed by atoms with E-state index in [1.165, 1.54) is 0 Å². The minimum absolute atomic E-state index is 0.0344. The number of hydrogen-bond donors (Lipinski definition) is 0. The summed E-state index contributed by atoms with van der Waals surface area (Å²) in [6.07, 6.45) is 4.97. The summed E-state index contributed by atoms with van der Waals surface area (Å²) >= 11 is 0. The van der Waals surface area contributed by atoms with E-state index in [9.17, 15) is 4.79 Å². The van der Waals surface area contributed by atoms with Crippen molar-refractivity contribution < 1.29 is 19.0 Å².